The zero-order valence-corrected chi connectivity index (χ0v) is 9.57. The van der Waals surface area contributed by atoms with E-state index < -0.39 is 0 Å². The van der Waals surface area contributed by atoms with Crippen molar-refractivity contribution >= 4 is 17.2 Å². The third kappa shape index (κ3) is 2.34. The molecular formula is C11H11N4O3+. The molecule has 1 aromatic carbocycles. The standard InChI is InChI=1S/C11H11N4O3/c1-18-11-9(15(16)17)10(12-7-13-11)14-8-5-3-2-4-6-8/h2-7H,1H3,(H,16,17)(H,12,13,14)/q+1. The number of anilines is 2. The van der Waals surface area contributed by atoms with Crippen molar-refractivity contribution in [3.05, 3.63) is 41.6 Å². The molecule has 0 radical (unpaired) electrons. The molecule has 92 valence electrons. The maximum Gasteiger partial charge on any atom is 0.419 e. The minimum absolute atomic E-state index is 0.0130. The van der Waals surface area contributed by atoms with Crippen molar-refractivity contribution in [2.75, 3.05) is 12.4 Å². The second kappa shape index (κ2) is 5.09. The number of nitrogens with one attached hydrogen (secondary N) is 1. The van der Waals surface area contributed by atoms with Crippen molar-refractivity contribution in [2.24, 2.45) is 0 Å². The Hall–Kier alpha value is -2.70. The zero-order chi connectivity index (χ0) is 13.0. The fourth-order valence-corrected chi connectivity index (χ4v) is 1.43. The molecule has 0 atom stereocenters. The predicted molar refractivity (Wildman–Crippen MR) is 63.4 cm³/mol. The highest BCUT2D eigenvalue weighted by Crippen LogP contribution is 2.31. The summed E-state index contributed by atoms with van der Waals surface area (Å²) in [6, 6.07) is 9.11. The van der Waals surface area contributed by atoms with Crippen LogP contribution in [0.25, 0.3) is 0 Å². The molecule has 0 saturated carbocycles. The van der Waals surface area contributed by atoms with Gasteiger partial charge in [0.15, 0.2) is 0 Å². The quantitative estimate of drug-likeness (QED) is 0.804. The lowest BCUT2D eigenvalue weighted by atomic mass is 10.3. The number of methoxy groups -OCH3 is 1. The number of benzene rings is 1. The highest BCUT2D eigenvalue weighted by molar-refractivity contribution is 5.67. The lowest BCUT2D eigenvalue weighted by Gasteiger charge is -2.05. The van der Waals surface area contributed by atoms with Crippen molar-refractivity contribution in [2.45, 2.75) is 0 Å². The van der Waals surface area contributed by atoms with Crippen molar-refractivity contribution in [3.63, 3.8) is 0 Å². The Morgan fingerprint density at radius 2 is 2.00 bits per heavy atom. The molecule has 0 unspecified atom stereocenters. The molecule has 1 aromatic heterocycles. The summed E-state index contributed by atoms with van der Waals surface area (Å²) in [7, 11) is 1.35. The van der Waals surface area contributed by atoms with Gasteiger partial charge in [-0.05, 0) is 12.1 Å². The van der Waals surface area contributed by atoms with Crippen molar-refractivity contribution in [3.8, 4) is 5.88 Å². The first kappa shape index (κ1) is 11.8. The van der Waals surface area contributed by atoms with E-state index in [-0.39, 0.29) is 22.3 Å². The molecule has 1 heterocycles. The number of ether oxygens (including phenoxy) is 1. The normalized spacial score (nSPS) is 9.83. The fourth-order valence-electron chi connectivity index (χ4n) is 1.43. The monoisotopic (exact) mass is 247 g/mol. The van der Waals surface area contributed by atoms with E-state index in [1.807, 2.05) is 18.2 Å². The summed E-state index contributed by atoms with van der Waals surface area (Å²) in [5.41, 5.74) is 0.546. The smallest absolute Gasteiger partial charge is 0.419 e. The average molecular weight is 247 g/mol. The van der Waals surface area contributed by atoms with Gasteiger partial charge in [-0.1, -0.05) is 18.2 Å². The van der Waals surface area contributed by atoms with Gasteiger partial charge < -0.3 is 10.1 Å². The number of hydrogen-bond donors (Lipinski definition) is 2. The molecule has 0 saturated heterocycles. The number of nitrogens with zero attached hydrogens (tertiary/aromatic N) is 3. The van der Waals surface area contributed by atoms with Crippen LogP contribution in [0.4, 0.5) is 17.2 Å². The van der Waals surface area contributed by atoms with Crippen molar-refractivity contribution < 1.29 is 14.9 Å². The lowest BCUT2D eigenvalue weighted by Crippen LogP contribution is -2.04. The van der Waals surface area contributed by atoms with Gasteiger partial charge in [0.2, 0.25) is 5.82 Å². The van der Waals surface area contributed by atoms with Gasteiger partial charge in [-0.3, -0.25) is 0 Å². The Balaban J connectivity index is 2.42. The van der Waals surface area contributed by atoms with Crippen LogP contribution in [0.3, 0.4) is 0 Å². The zero-order valence-electron chi connectivity index (χ0n) is 9.57. The molecule has 2 N–H and O–H groups in total. The van der Waals surface area contributed by atoms with E-state index in [0.717, 1.165) is 5.69 Å². The SMILES string of the molecule is COc1ncnc(Nc2ccccc2)c1[N+](=O)O. The highest BCUT2D eigenvalue weighted by Gasteiger charge is 2.28. The summed E-state index contributed by atoms with van der Waals surface area (Å²) in [5.74, 6) is 0.145. The number of rotatable bonds is 4. The predicted octanol–water partition coefficient (Wildman–Crippen LogP) is 2.03. The van der Waals surface area contributed by atoms with E-state index in [4.69, 9.17) is 9.94 Å². The van der Waals surface area contributed by atoms with Gasteiger partial charge in [0, 0.05) is 5.69 Å². The van der Waals surface area contributed by atoms with Crippen LogP contribution in [0.15, 0.2) is 36.7 Å². The van der Waals surface area contributed by atoms with Crippen LogP contribution in [0.2, 0.25) is 0 Å². The number of aromatic nitrogens is 2. The van der Waals surface area contributed by atoms with Crippen LogP contribution < -0.4 is 10.1 Å². The molecule has 0 bridgehead atoms. The van der Waals surface area contributed by atoms with Gasteiger partial charge in [0.1, 0.15) is 6.33 Å². The third-order valence-corrected chi connectivity index (χ3v) is 2.21. The third-order valence-electron chi connectivity index (χ3n) is 2.21. The van der Waals surface area contributed by atoms with Gasteiger partial charge in [-0.15, -0.1) is 0 Å². The van der Waals surface area contributed by atoms with Crippen LogP contribution in [0, 0.1) is 4.91 Å². The average Bonchev–Trinajstić information content (AvgIpc) is 2.39. The van der Waals surface area contributed by atoms with Gasteiger partial charge >= 0.3 is 11.6 Å². The van der Waals surface area contributed by atoms with Gasteiger partial charge in [0.05, 0.1) is 12.0 Å². The fraction of sp³-hybridized carbons (Fsp3) is 0.0909. The van der Waals surface area contributed by atoms with E-state index in [2.05, 4.69) is 15.3 Å². The highest BCUT2D eigenvalue weighted by atomic mass is 16.6. The molecule has 7 nitrogen and oxygen atoms in total. The van der Waals surface area contributed by atoms with Crippen LogP contribution >= 0.6 is 0 Å². The van der Waals surface area contributed by atoms with E-state index in [0.29, 0.717) is 0 Å². The second-order valence-electron chi connectivity index (χ2n) is 3.34. The minimum Gasteiger partial charge on any atom is -0.476 e. The summed E-state index contributed by atoms with van der Waals surface area (Å²) < 4.78 is 4.89. The number of para-hydroxylation sites is 1. The van der Waals surface area contributed by atoms with Gasteiger partial charge in [-0.2, -0.15) is 4.98 Å². The largest absolute Gasteiger partial charge is 0.476 e. The molecule has 2 rings (SSSR count). The van der Waals surface area contributed by atoms with E-state index in [1.54, 1.807) is 12.1 Å². The van der Waals surface area contributed by atoms with E-state index in [1.165, 1.54) is 13.4 Å². The Labute approximate surface area is 103 Å². The molecular weight excluding hydrogens is 236 g/mol. The Kier molecular flexibility index (Phi) is 3.33. The molecule has 0 amide bonds. The van der Waals surface area contributed by atoms with Crippen molar-refractivity contribution in [1.29, 1.82) is 0 Å². The number of hydrogen-bond acceptors (Lipinski definition) is 5. The van der Waals surface area contributed by atoms with Crippen LogP contribution in [0.5, 0.6) is 5.88 Å². The van der Waals surface area contributed by atoms with Crippen molar-refractivity contribution in [1.82, 2.24) is 9.97 Å². The minimum atomic E-state index is -0.329. The molecule has 7 heteroatoms. The second-order valence-corrected chi connectivity index (χ2v) is 3.34. The first-order valence-electron chi connectivity index (χ1n) is 5.09. The summed E-state index contributed by atoms with van der Waals surface area (Å²) in [6.45, 7) is 0. The first-order valence-corrected chi connectivity index (χ1v) is 5.09. The first-order chi connectivity index (χ1) is 8.72. The summed E-state index contributed by atoms with van der Waals surface area (Å²) in [5, 5.41) is 12.0. The van der Waals surface area contributed by atoms with E-state index in [9.17, 15) is 4.91 Å². The molecule has 0 spiro atoms. The topological polar surface area (TPSA) is 87.4 Å². The van der Waals surface area contributed by atoms with Gasteiger partial charge in [-0.25, -0.2) is 10.2 Å². The summed E-state index contributed by atoms with van der Waals surface area (Å²) >= 11 is 0. The Morgan fingerprint density at radius 3 is 2.61 bits per heavy atom. The van der Waals surface area contributed by atoms with Crippen LogP contribution in [-0.2, 0) is 0 Å². The molecule has 0 aliphatic rings. The Morgan fingerprint density at radius 1 is 1.28 bits per heavy atom. The molecule has 0 aliphatic heterocycles. The maximum absolute atomic E-state index is 11.1. The van der Waals surface area contributed by atoms with Crippen LogP contribution in [-0.4, -0.2) is 27.2 Å². The lowest BCUT2D eigenvalue weighted by molar-refractivity contribution is -0.729. The maximum atomic E-state index is 11.1. The Bertz CT molecular complexity index is 559. The van der Waals surface area contributed by atoms with Gasteiger partial charge in [0.25, 0.3) is 4.92 Å². The van der Waals surface area contributed by atoms with E-state index >= 15 is 0 Å². The summed E-state index contributed by atoms with van der Waals surface area (Å²) in [4.78, 5) is 18.4. The summed E-state index contributed by atoms with van der Waals surface area (Å²) in [6.07, 6.45) is 1.23. The molecule has 0 aliphatic carbocycles. The molecule has 0 fully saturated rings. The van der Waals surface area contributed by atoms with Crippen LogP contribution in [0.1, 0.15) is 0 Å². The molecule has 2 aromatic rings. The molecule has 18 heavy (non-hydrogen) atoms.